The van der Waals surface area contributed by atoms with Crippen LogP contribution < -0.4 is 10.5 Å². The molecule has 1 N–H and O–H groups in total. The minimum Gasteiger partial charge on any atom is -0.345 e. The largest absolute Gasteiger partial charge is 0.345 e. The second kappa shape index (κ2) is 7.15. The first-order valence-electron chi connectivity index (χ1n) is 10.9. The second-order valence-electron chi connectivity index (χ2n) is 8.48. The Labute approximate surface area is 194 Å². The van der Waals surface area contributed by atoms with Gasteiger partial charge in [0.25, 0.3) is 5.56 Å². The van der Waals surface area contributed by atoms with E-state index in [1.165, 1.54) is 6.33 Å². The number of para-hydroxylation sites is 1. The second-order valence-corrected chi connectivity index (χ2v) is 8.48. The summed E-state index contributed by atoms with van der Waals surface area (Å²) < 4.78 is 3.30. The first-order chi connectivity index (χ1) is 16.6. The van der Waals surface area contributed by atoms with Crippen LogP contribution in [0.15, 0.2) is 66.5 Å². The third-order valence-corrected chi connectivity index (χ3v) is 6.68. The third-order valence-electron chi connectivity index (χ3n) is 6.68. The van der Waals surface area contributed by atoms with Crippen LogP contribution in [0, 0.1) is 11.3 Å². The Balaban J connectivity index is 1.63. The predicted octanol–water partition coefficient (Wildman–Crippen LogP) is 3.40. The third kappa shape index (κ3) is 2.59. The van der Waals surface area contributed by atoms with E-state index in [0.717, 1.165) is 17.7 Å². The predicted molar refractivity (Wildman–Crippen MR) is 129 cm³/mol. The van der Waals surface area contributed by atoms with E-state index in [1.54, 1.807) is 27.6 Å². The summed E-state index contributed by atoms with van der Waals surface area (Å²) in [4.78, 5) is 27.8. The highest BCUT2D eigenvalue weighted by molar-refractivity contribution is 5.93. The quantitative estimate of drug-likeness (QED) is 0.452. The van der Waals surface area contributed by atoms with Gasteiger partial charge in [-0.15, -0.1) is 0 Å². The molecule has 5 heterocycles. The van der Waals surface area contributed by atoms with Crippen LogP contribution in [-0.4, -0.2) is 35.7 Å². The van der Waals surface area contributed by atoms with Crippen molar-refractivity contribution in [1.29, 1.82) is 5.26 Å². The lowest BCUT2D eigenvalue weighted by molar-refractivity contribution is 0.278. The average molecular weight is 448 g/mol. The number of hydrogen-bond acceptors (Lipinski definition) is 6. The molecular formula is C25H20N8O. The molecular weight excluding hydrogens is 428 g/mol. The van der Waals surface area contributed by atoms with E-state index in [2.05, 4.69) is 32.5 Å². The van der Waals surface area contributed by atoms with Crippen LogP contribution in [0.3, 0.4) is 0 Å². The number of nitrogens with zero attached hydrogens (tertiary/aromatic N) is 7. The van der Waals surface area contributed by atoms with Crippen molar-refractivity contribution in [3.63, 3.8) is 0 Å². The van der Waals surface area contributed by atoms with Crippen molar-refractivity contribution < 1.29 is 0 Å². The molecule has 4 aromatic heterocycles. The first-order valence-corrected chi connectivity index (χ1v) is 10.9. The number of nitrogens with one attached hydrogen (secondary N) is 1. The lowest BCUT2D eigenvalue weighted by Gasteiger charge is -2.51. The molecule has 0 spiro atoms. The molecule has 0 radical (unpaired) electrons. The van der Waals surface area contributed by atoms with E-state index < -0.39 is 5.54 Å². The summed E-state index contributed by atoms with van der Waals surface area (Å²) in [7, 11) is 0. The van der Waals surface area contributed by atoms with E-state index in [9.17, 15) is 10.1 Å². The van der Waals surface area contributed by atoms with Gasteiger partial charge in [0.2, 0.25) is 0 Å². The van der Waals surface area contributed by atoms with Crippen molar-refractivity contribution in [3.05, 3.63) is 89.0 Å². The van der Waals surface area contributed by atoms with Gasteiger partial charge in [0.05, 0.1) is 16.6 Å². The molecule has 1 unspecified atom stereocenters. The number of aromatic amines is 1. The Hall–Kier alpha value is -4.71. The maximum Gasteiger partial charge on any atom is 0.283 e. The monoisotopic (exact) mass is 448 g/mol. The van der Waals surface area contributed by atoms with Gasteiger partial charge in [-0.05, 0) is 31.5 Å². The van der Waals surface area contributed by atoms with E-state index in [-0.39, 0.29) is 5.56 Å². The lowest BCUT2D eigenvalue weighted by Crippen LogP contribution is -2.58. The van der Waals surface area contributed by atoms with Crippen LogP contribution in [0.5, 0.6) is 0 Å². The number of nitriles is 1. The Morgan fingerprint density at radius 1 is 1.24 bits per heavy atom. The molecule has 0 bridgehead atoms. The number of H-pyrrole nitrogens is 1. The topological polar surface area (TPSA) is 108 Å². The van der Waals surface area contributed by atoms with Gasteiger partial charge in [0, 0.05) is 24.5 Å². The van der Waals surface area contributed by atoms with Gasteiger partial charge >= 0.3 is 0 Å². The van der Waals surface area contributed by atoms with Gasteiger partial charge in [-0.3, -0.25) is 9.36 Å². The molecule has 6 rings (SSSR count). The summed E-state index contributed by atoms with van der Waals surface area (Å²) in [5, 5.41) is 15.2. The highest BCUT2D eigenvalue weighted by Gasteiger charge is 2.48. The zero-order valence-electron chi connectivity index (χ0n) is 18.4. The molecule has 0 aliphatic carbocycles. The van der Waals surface area contributed by atoms with E-state index >= 15 is 0 Å². The van der Waals surface area contributed by atoms with Crippen molar-refractivity contribution in [2.45, 2.75) is 18.9 Å². The minimum atomic E-state index is -0.646. The maximum absolute atomic E-state index is 13.9. The SMILES string of the molecule is C=Cc1ccn2nc(C3(C)CCN3c3ncnc4[nH]cc(C#N)c34)n(-c3ccccc3)c(=O)c12. The van der Waals surface area contributed by atoms with E-state index in [1.807, 2.05) is 43.3 Å². The normalized spacial score (nSPS) is 17.6. The summed E-state index contributed by atoms with van der Waals surface area (Å²) in [5.74, 6) is 1.24. The Kier molecular flexibility index (Phi) is 4.19. The van der Waals surface area contributed by atoms with Crippen LogP contribution in [-0.2, 0) is 5.54 Å². The number of aromatic nitrogens is 6. The Morgan fingerprint density at radius 3 is 2.76 bits per heavy atom. The summed E-state index contributed by atoms with van der Waals surface area (Å²) in [6.45, 7) is 6.60. The van der Waals surface area contributed by atoms with Crippen molar-refractivity contribution >= 4 is 28.4 Å². The molecule has 9 nitrogen and oxygen atoms in total. The van der Waals surface area contributed by atoms with E-state index in [0.29, 0.717) is 40.3 Å². The highest BCUT2D eigenvalue weighted by Crippen LogP contribution is 2.44. The molecule has 5 aromatic rings. The molecule has 1 saturated heterocycles. The van der Waals surface area contributed by atoms with Gasteiger partial charge in [0.1, 0.15) is 34.9 Å². The molecule has 1 aromatic carbocycles. The number of fused-ring (bicyclic) bond motifs is 2. The van der Waals surface area contributed by atoms with Crippen molar-refractivity contribution in [2.24, 2.45) is 0 Å². The van der Waals surface area contributed by atoms with Crippen molar-refractivity contribution in [3.8, 4) is 11.8 Å². The highest BCUT2D eigenvalue weighted by atomic mass is 16.1. The fourth-order valence-electron chi connectivity index (χ4n) is 4.79. The van der Waals surface area contributed by atoms with Gasteiger partial charge in [-0.2, -0.15) is 10.4 Å². The van der Waals surface area contributed by atoms with Crippen molar-refractivity contribution in [1.82, 2.24) is 29.1 Å². The van der Waals surface area contributed by atoms with Crippen LogP contribution >= 0.6 is 0 Å². The zero-order valence-corrected chi connectivity index (χ0v) is 18.4. The first kappa shape index (κ1) is 19.9. The van der Waals surface area contributed by atoms with Crippen LogP contribution in [0.2, 0.25) is 0 Å². The summed E-state index contributed by atoms with van der Waals surface area (Å²) >= 11 is 0. The summed E-state index contributed by atoms with van der Waals surface area (Å²) in [6.07, 6.45) is 7.32. The molecule has 1 fully saturated rings. The van der Waals surface area contributed by atoms with Gasteiger partial charge < -0.3 is 9.88 Å². The lowest BCUT2D eigenvalue weighted by atomic mass is 9.85. The van der Waals surface area contributed by atoms with E-state index in [4.69, 9.17) is 5.10 Å². The molecule has 9 heteroatoms. The molecule has 0 amide bonds. The van der Waals surface area contributed by atoms with Gasteiger partial charge in [0.15, 0.2) is 5.82 Å². The zero-order chi connectivity index (χ0) is 23.4. The van der Waals surface area contributed by atoms with Gasteiger partial charge in [-0.1, -0.05) is 30.9 Å². The number of benzene rings is 1. The molecule has 1 aliphatic rings. The van der Waals surface area contributed by atoms with Crippen LogP contribution in [0.1, 0.15) is 30.3 Å². The number of anilines is 1. The standard InChI is InChI=1S/C25H20N8O/c1-3-16-9-11-32-20(16)23(34)33(18-7-5-4-6-8-18)24(30-32)25(2)10-12-31(25)22-19-17(13-26)14-27-21(19)28-15-29-22/h3-9,11,14-15H,1,10,12H2,2H3,(H,27,28,29). The van der Waals surface area contributed by atoms with Crippen LogP contribution in [0.4, 0.5) is 5.82 Å². The van der Waals surface area contributed by atoms with Crippen LogP contribution in [0.25, 0.3) is 28.3 Å². The van der Waals surface area contributed by atoms with Gasteiger partial charge in [-0.25, -0.2) is 14.5 Å². The molecule has 1 aliphatic heterocycles. The Morgan fingerprint density at radius 2 is 2.06 bits per heavy atom. The maximum atomic E-state index is 13.9. The average Bonchev–Trinajstić information content (AvgIpc) is 3.48. The molecule has 0 saturated carbocycles. The summed E-state index contributed by atoms with van der Waals surface area (Å²) in [6, 6.07) is 13.6. The number of rotatable bonds is 4. The Bertz CT molecular complexity index is 1690. The fourth-order valence-corrected chi connectivity index (χ4v) is 4.79. The summed E-state index contributed by atoms with van der Waals surface area (Å²) in [5.41, 5.74) is 2.19. The fraction of sp³-hybridized carbons (Fsp3) is 0.160. The number of hydrogen-bond donors (Lipinski definition) is 1. The molecule has 34 heavy (non-hydrogen) atoms. The molecule has 166 valence electrons. The minimum absolute atomic E-state index is 0.170. The smallest absolute Gasteiger partial charge is 0.283 e. The van der Waals surface area contributed by atoms with Crippen molar-refractivity contribution in [2.75, 3.05) is 11.4 Å². The molecule has 1 atom stereocenters.